The van der Waals surface area contributed by atoms with Crippen LogP contribution in [-0.4, -0.2) is 27.2 Å². The fourth-order valence-corrected chi connectivity index (χ4v) is 3.15. The molecule has 7 nitrogen and oxygen atoms in total. The lowest BCUT2D eigenvalue weighted by atomic mass is 10.0. The Bertz CT molecular complexity index is 1040. The van der Waals surface area contributed by atoms with E-state index >= 15 is 0 Å². The highest BCUT2D eigenvalue weighted by Gasteiger charge is 2.21. The Hall–Kier alpha value is -3.74. The lowest BCUT2D eigenvalue weighted by Gasteiger charge is -2.10. The van der Waals surface area contributed by atoms with Crippen LogP contribution in [0, 0.1) is 24.0 Å². The van der Waals surface area contributed by atoms with E-state index in [1.54, 1.807) is 18.5 Å². The van der Waals surface area contributed by atoms with Gasteiger partial charge in [-0.15, -0.1) is 0 Å². The van der Waals surface area contributed by atoms with Crippen LogP contribution in [0.3, 0.4) is 0 Å². The van der Waals surface area contributed by atoms with E-state index in [0.717, 1.165) is 11.1 Å². The molecule has 2 aromatic carbocycles. The number of nitrogens with zero attached hydrogens (tertiary/aromatic N) is 3. The summed E-state index contributed by atoms with van der Waals surface area (Å²) in [6.07, 6.45) is 1.85. The second-order valence-corrected chi connectivity index (χ2v) is 6.59. The zero-order valence-corrected chi connectivity index (χ0v) is 16.3. The quantitative estimate of drug-likeness (QED) is 0.288. The van der Waals surface area contributed by atoms with Gasteiger partial charge >= 0.3 is 5.69 Å². The molecule has 1 heterocycles. The molecular formula is C22H22N4O3. The summed E-state index contributed by atoms with van der Waals surface area (Å²) in [5.74, 6) is -0.212. The Morgan fingerprint density at radius 3 is 2.31 bits per heavy atom. The van der Waals surface area contributed by atoms with Crippen LogP contribution < -0.4 is 5.32 Å². The molecule has 0 spiro atoms. The van der Waals surface area contributed by atoms with Crippen LogP contribution >= 0.6 is 0 Å². The Kier molecular flexibility index (Phi) is 6.19. The lowest BCUT2D eigenvalue weighted by molar-refractivity contribution is -0.386. The third-order valence-corrected chi connectivity index (χ3v) is 4.58. The average Bonchev–Trinajstić information content (AvgIpc) is 3.00. The van der Waals surface area contributed by atoms with Gasteiger partial charge in [-0.2, -0.15) is 5.10 Å². The first-order valence-corrected chi connectivity index (χ1v) is 9.26. The summed E-state index contributed by atoms with van der Waals surface area (Å²) < 4.78 is 1.55. The molecule has 0 bridgehead atoms. The Balaban J connectivity index is 1.75. The highest BCUT2D eigenvalue weighted by atomic mass is 16.6. The fraction of sp³-hybridized carbons (Fsp3) is 0.182. The minimum Gasteiger partial charge on any atom is -0.350 e. The van der Waals surface area contributed by atoms with Crippen molar-refractivity contribution >= 4 is 23.2 Å². The molecule has 3 aromatic rings. The van der Waals surface area contributed by atoms with E-state index in [4.69, 9.17) is 0 Å². The molecule has 0 aliphatic rings. The lowest BCUT2D eigenvalue weighted by Crippen LogP contribution is -2.28. The van der Waals surface area contributed by atoms with Gasteiger partial charge < -0.3 is 5.32 Å². The largest absolute Gasteiger partial charge is 0.350 e. The van der Waals surface area contributed by atoms with Gasteiger partial charge in [0, 0.05) is 12.1 Å². The van der Waals surface area contributed by atoms with Crippen molar-refractivity contribution < 1.29 is 9.72 Å². The van der Waals surface area contributed by atoms with Gasteiger partial charge in [-0.3, -0.25) is 19.6 Å². The number of amides is 1. The maximum absolute atomic E-state index is 12.9. The van der Waals surface area contributed by atoms with E-state index in [1.165, 1.54) is 0 Å². The van der Waals surface area contributed by atoms with Crippen LogP contribution in [0.4, 0.5) is 5.69 Å². The van der Waals surface area contributed by atoms with Gasteiger partial charge in [0.05, 0.1) is 11.5 Å². The zero-order valence-electron chi connectivity index (χ0n) is 16.3. The van der Waals surface area contributed by atoms with Crippen LogP contribution in [0.2, 0.25) is 0 Å². The first kappa shape index (κ1) is 20.0. The molecule has 0 aliphatic carbocycles. The maximum Gasteiger partial charge on any atom is 0.312 e. The summed E-state index contributed by atoms with van der Waals surface area (Å²) in [6, 6.07) is 19.1. The summed E-state index contributed by atoms with van der Waals surface area (Å²) in [4.78, 5) is 23.6. The predicted octanol–water partition coefficient (Wildman–Crippen LogP) is 3.77. The first-order valence-electron chi connectivity index (χ1n) is 9.26. The molecular weight excluding hydrogens is 368 g/mol. The smallest absolute Gasteiger partial charge is 0.312 e. The van der Waals surface area contributed by atoms with Crippen molar-refractivity contribution in [1.82, 2.24) is 15.1 Å². The third-order valence-electron chi connectivity index (χ3n) is 4.58. The standard InChI is InChI=1S/C22H22N4O3/c1-16-21(26(28)29)17(2)25(24-16)14-13-23-22(27)20(19-11-7-4-8-12-19)15-18-9-5-3-6-10-18/h3-12,15H,13-14H2,1-2H3,(H,23,27)/b20-15-. The van der Waals surface area contributed by atoms with Gasteiger partial charge in [-0.1, -0.05) is 60.7 Å². The summed E-state index contributed by atoms with van der Waals surface area (Å²) in [5.41, 5.74) is 3.16. The number of aryl methyl sites for hydroxylation is 1. The van der Waals surface area contributed by atoms with Crippen molar-refractivity contribution in [3.8, 4) is 0 Å². The number of nitrogens with one attached hydrogen (secondary N) is 1. The molecule has 0 fully saturated rings. The second kappa shape index (κ2) is 8.97. The molecule has 3 rings (SSSR count). The van der Waals surface area contributed by atoms with Crippen LogP contribution in [0.15, 0.2) is 60.7 Å². The Morgan fingerprint density at radius 1 is 1.10 bits per heavy atom. The van der Waals surface area contributed by atoms with E-state index in [1.807, 2.05) is 66.7 Å². The number of hydrogen-bond donors (Lipinski definition) is 1. The highest BCUT2D eigenvalue weighted by Crippen LogP contribution is 2.22. The van der Waals surface area contributed by atoms with Gasteiger partial charge in [0.2, 0.25) is 0 Å². The van der Waals surface area contributed by atoms with Crippen LogP contribution in [0.1, 0.15) is 22.5 Å². The normalized spacial score (nSPS) is 11.3. The summed E-state index contributed by atoms with van der Waals surface area (Å²) in [6.45, 7) is 3.91. The molecule has 148 valence electrons. The number of rotatable bonds is 7. The monoisotopic (exact) mass is 390 g/mol. The molecule has 0 saturated carbocycles. The van der Waals surface area contributed by atoms with Gasteiger partial charge in [0.15, 0.2) is 0 Å². The van der Waals surface area contributed by atoms with Gasteiger partial charge in [0.1, 0.15) is 11.4 Å². The number of carbonyl (C=O) groups excluding carboxylic acids is 1. The molecule has 1 aromatic heterocycles. The van der Waals surface area contributed by atoms with Crippen molar-refractivity contribution in [1.29, 1.82) is 0 Å². The predicted molar refractivity (Wildman–Crippen MR) is 112 cm³/mol. The minimum atomic E-state index is -0.428. The van der Waals surface area contributed by atoms with Crippen molar-refractivity contribution in [3.05, 3.63) is 93.3 Å². The fourth-order valence-electron chi connectivity index (χ4n) is 3.15. The molecule has 1 N–H and O–H groups in total. The van der Waals surface area contributed by atoms with Gasteiger partial charge in [-0.25, -0.2) is 0 Å². The van der Waals surface area contributed by atoms with Crippen molar-refractivity contribution in [2.45, 2.75) is 20.4 Å². The van der Waals surface area contributed by atoms with E-state index < -0.39 is 4.92 Å². The van der Waals surface area contributed by atoms with Gasteiger partial charge in [-0.05, 0) is 31.1 Å². The Morgan fingerprint density at radius 2 is 1.72 bits per heavy atom. The number of hydrogen-bond acceptors (Lipinski definition) is 4. The second-order valence-electron chi connectivity index (χ2n) is 6.59. The van der Waals surface area contributed by atoms with E-state index in [-0.39, 0.29) is 11.6 Å². The number of aromatic nitrogens is 2. The summed E-state index contributed by atoms with van der Waals surface area (Å²) in [5, 5.41) is 18.2. The maximum atomic E-state index is 12.9. The van der Waals surface area contributed by atoms with E-state index in [2.05, 4.69) is 10.4 Å². The van der Waals surface area contributed by atoms with E-state index in [0.29, 0.717) is 30.1 Å². The average molecular weight is 390 g/mol. The third kappa shape index (κ3) is 4.76. The van der Waals surface area contributed by atoms with Crippen LogP contribution in [-0.2, 0) is 11.3 Å². The molecule has 0 atom stereocenters. The first-order chi connectivity index (χ1) is 14.0. The molecule has 29 heavy (non-hydrogen) atoms. The van der Waals surface area contributed by atoms with Crippen LogP contribution in [0.25, 0.3) is 11.6 Å². The Labute approximate surface area is 168 Å². The van der Waals surface area contributed by atoms with Crippen molar-refractivity contribution in [3.63, 3.8) is 0 Å². The highest BCUT2D eigenvalue weighted by molar-refractivity contribution is 6.24. The number of nitro groups is 1. The van der Waals surface area contributed by atoms with Gasteiger partial charge in [0.25, 0.3) is 5.91 Å². The van der Waals surface area contributed by atoms with E-state index in [9.17, 15) is 14.9 Å². The summed E-state index contributed by atoms with van der Waals surface area (Å²) >= 11 is 0. The van der Waals surface area contributed by atoms with Crippen LogP contribution in [0.5, 0.6) is 0 Å². The van der Waals surface area contributed by atoms with Crippen molar-refractivity contribution in [2.24, 2.45) is 0 Å². The van der Waals surface area contributed by atoms with Crippen molar-refractivity contribution in [2.75, 3.05) is 6.54 Å². The zero-order chi connectivity index (χ0) is 20.8. The summed E-state index contributed by atoms with van der Waals surface area (Å²) in [7, 11) is 0. The SMILES string of the molecule is Cc1nn(CCNC(=O)/C(=C\c2ccccc2)c2ccccc2)c(C)c1[N+](=O)[O-]. The molecule has 7 heteroatoms. The molecule has 1 amide bonds. The molecule has 0 radical (unpaired) electrons. The topological polar surface area (TPSA) is 90.1 Å². The minimum absolute atomic E-state index is 0.0188. The molecule has 0 saturated heterocycles. The molecule has 0 unspecified atom stereocenters. The number of benzene rings is 2. The number of carbonyl (C=O) groups is 1. The molecule has 0 aliphatic heterocycles.